The Hall–Kier alpha value is -0.580. The molecule has 0 aromatic carbocycles. The lowest BCUT2D eigenvalue weighted by Crippen LogP contribution is -2.51. The molecule has 0 N–H and O–H groups in total. The minimum absolute atomic E-state index is 0.101. The lowest BCUT2D eigenvalue weighted by molar-refractivity contribution is -0.0595. The van der Waals surface area contributed by atoms with Crippen molar-refractivity contribution in [3.8, 4) is 0 Å². The molecule has 3 saturated carbocycles. The molecule has 0 saturated heterocycles. The van der Waals surface area contributed by atoms with Gasteiger partial charge in [-0.2, -0.15) is 4.37 Å². The van der Waals surface area contributed by atoms with E-state index < -0.39 is 5.97 Å². The van der Waals surface area contributed by atoms with Crippen LogP contribution in [-0.4, -0.2) is 16.4 Å². The number of halogens is 2. The van der Waals surface area contributed by atoms with Crippen LogP contribution in [0.5, 0.6) is 0 Å². The van der Waals surface area contributed by atoms with Crippen LogP contribution in [0.15, 0.2) is 11.6 Å². The minimum atomic E-state index is -0.441. The van der Waals surface area contributed by atoms with Crippen LogP contribution in [-0.2, 0) is 4.74 Å². The number of ether oxygens (including phenoxy) is 1. The number of rotatable bonds is 7. The van der Waals surface area contributed by atoms with Gasteiger partial charge >= 0.3 is 5.97 Å². The van der Waals surface area contributed by atoms with E-state index in [1.165, 1.54) is 56.9 Å². The number of nitrogens with zero attached hydrogens (tertiary/aromatic N) is 1. The summed E-state index contributed by atoms with van der Waals surface area (Å²) in [5.74, 6) is 4.57. The second-order valence-electron chi connectivity index (χ2n) is 13.7. The molecule has 0 radical (unpaired) electrons. The fourth-order valence-corrected chi connectivity index (χ4v) is 10.3. The van der Waals surface area contributed by atoms with Gasteiger partial charge in [-0.25, -0.2) is 4.79 Å². The van der Waals surface area contributed by atoms with Crippen molar-refractivity contribution in [2.75, 3.05) is 0 Å². The lowest BCUT2D eigenvalue weighted by atomic mass is 9.47. The zero-order valence-electron chi connectivity index (χ0n) is 23.3. The first-order valence-electron chi connectivity index (χ1n) is 14.8. The van der Waals surface area contributed by atoms with Gasteiger partial charge in [-0.15, -0.1) is 0 Å². The smallest absolute Gasteiger partial charge is 0.359 e. The number of carbonyl (C=O) groups is 1. The number of aromatic nitrogens is 1. The highest BCUT2D eigenvalue weighted by molar-refractivity contribution is 7.11. The van der Waals surface area contributed by atoms with Crippen LogP contribution in [0.25, 0.3) is 0 Å². The molecule has 1 aromatic rings. The molecule has 1 heterocycles. The summed E-state index contributed by atoms with van der Waals surface area (Å²) in [4.78, 5) is 12.7. The maximum absolute atomic E-state index is 12.7. The molecule has 8 atom stereocenters. The Bertz CT molecular complexity index is 1040. The number of allylic oxidation sites excluding steroid dienone is 1. The summed E-state index contributed by atoms with van der Waals surface area (Å²) < 4.78 is 10.3. The third-order valence-electron chi connectivity index (χ3n) is 11.3. The van der Waals surface area contributed by atoms with E-state index in [-0.39, 0.29) is 22.2 Å². The summed E-state index contributed by atoms with van der Waals surface area (Å²) in [6.07, 6.45) is 16.3. The maximum atomic E-state index is 12.7. The molecule has 3 fully saturated rings. The Labute approximate surface area is 238 Å². The van der Waals surface area contributed by atoms with Gasteiger partial charge in [0.1, 0.15) is 15.5 Å². The van der Waals surface area contributed by atoms with Gasteiger partial charge < -0.3 is 4.74 Å². The van der Waals surface area contributed by atoms with E-state index in [0.29, 0.717) is 9.75 Å². The summed E-state index contributed by atoms with van der Waals surface area (Å²) in [5.41, 5.74) is 2.44. The molecular weight excluding hydrogens is 521 g/mol. The number of esters is 1. The molecule has 4 aliphatic carbocycles. The molecule has 206 valence electrons. The number of hydrogen-bond donors (Lipinski definition) is 0. The van der Waals surface area contributed by atoms with Gasteiger partial charge in [-0.05, 0) is 103 Å². The first kappa shape index (κ1) is 28.0. The first-order chi connectivity index (χ1) is 17.5. The van der Waals surface area contributed by atoms with Crippen molar-refractivity contribution in [2.24, 2.45) is 46.3 Å². The molecule has 37 heavy (non-hydrogen) atoms. The van der Waals surface area contributed by atoms with E-state index >= 15 is 0 Å². The Kier molecular flexibility index (Phi) is 8.14. The van der Waals surface area contributed by atoms with Crippen LogP contribution < -0.4 is 0 Å². The molecule has 0 amide bonds. The lowest BCUT2D eigenvalue weighted by Gasteiger charge is -2.58. The Morgan fingerprint density at radius 2 is 1.89 bits per heavy atom. The normalized spacial score (nSPS) is 37.9. The number of fused-ring (bicyclic) bond motifs is 5. The molecule has 0 spiro atoms. The van der Waals surface area contributed by atoms with Crippen LogP contribution in [0.1, 0.15) is 116 Å². The third-order valence-corrected chi connectivity index (χ3v) is 12.9. The van der Waals surface area contributed by atoms with E-state index in [1.54, 1.807) is 0 Å². The van der Waals surface area contributed by atoms with E-state index in [2.05, 4.69) is 45.1 Å². The van der Waals surface area contributed by atoms with Crippen molar-refractivity contribution >= 4 is 40.7 Å². The van der Waals surface area contributed by atoms with Crippen LogP contribution in [0.2, 0.25) is 9.36 Å². The monoisotopic (exact) mass is 565 g/mol. The Balaban J connectivity index is 1.26. The highest BCUT2D eigenvalue weighted by atomic mass is 35.5. The van der Waals surface area contributed by atoms with Gasteiger partial charge in [0.2, 0.25) is 0 Å². The van der Waals surface area contributed by atoms with Gasteiger partial charge in [0.05, 0.1) is 0 Å². The zero-order valence-corrected chi connectivity index (χ0v) is 25.7. The average Bonchev–Trinajstić information content (AvgIpc) is 3.37. The molecule has 5 rings (SSSR count). The standard InChI is InChI=1S/C31H45Cl2NO2S/c1-18(2)7-6-8-19(3)23-11-12-24-22-10-9-20-17-21(36-29(35)27-26(32)28(33)37-34-27)13-15-30(20,4)25(22)14-16-31(23,24)5/h9,18-19,21-25H,6-8,10-17H2,1-5H3/t19-,21+,22-,23-,24-,25-,30+,31-/m1/s1. The molecule has 6 heteroatoms. The largest absolute Gasteiger partial charge is 0.457 e. The van der Waals surface area contributed by atoms with Crippen molar-refractivity contribution in [3.63, 3.8) is 0 Å². The SMILES string of the molecule is CC(C)CCC[C@@H](C)[C@H]1CC[C@@H]2[C@H]3CC=C4C[C@@H](OC(=O)c5nsc(Cl)c5Cl)CC[C@]4(C)[C@@H]3CC[C@@]21C. The van der Waals surface area contributed by atoms with E-state index in [1.807, 2.05) is 0 Å². The van der Waals surface area contributed by atoms with Crippen molar-refractivity contribution in [2.45, 2.75) is 111 Å². The molecule has 4 aliphatic rings. The van der Waals surface area contributed by atoms with Crippen LogP contribution in [0, 0.1) is 46.3 Å². The van der Waals surface area contributed by atoms with E-state index in [4.69, 9.17) is 27.9 Å². The van der Waals surface area contributed by atoms with Crippen molar-refractivity contribution < 1.29 is 9.53 Å². The summed E-state index contributed by atoms with van der Waals surface area (Å²) in [6.45, 7) is 12.5. The molecular formula is C31H45Cl2NO2S. The third kappa shape index (κ3) is 5.06. The first-order valence-corrected chi connectivity index (χ1v) is 16.3. The minimum Gasteiger partial charge on any atom is -0.457 e. The summed E-state index contributed by atoms with van der Waals surface area (Å²) in [5, 5.41) is 0.214. The van der Waals surface area contributed by atoms with Crippen molar-refractivity contribution in [1.29, 1.82) is 0 Å². The highest BCUT2D eigenvalue weighted by Crippen LogP contribution is 2.67. The maximum Gasteiger partial charge on any atom is 0.359 e. The molecule has 0 bridgehead atoms. The van der Waals surface area contributed by atoms with Crippen LogP contribution in [0.3, 0.4) is 0 Å². The summed E-state index contributed by atoms with van der Waals surface area (Å²) in [7, 11) is 0. The fraction of sp³-hybridized carbons (Fsp3) is 0.806. The van der Waals surface area contributed by atoms with Gasteiger partial charge in [0, 0.05) is 6.42 Å². The number of hydrogen-bond acceptors (Lipinski definition) is 4. The number of carbonyl (C=O) groups excluding carboxylic acids is 1. The highest BCUT2D eigenvalue weighted by Gasteiger charge is 2.59. The van der Waals surface area contributed by atoms with Gasteiger partial charge in [-0.1, -0.05) is 88.7 Å². The summed E-state index contributed by atoms with van der Waals surface area (Å²) >= 11 is 13.2. The summed E-state index contributed by atoms with van der Waals surface area (Å²) in [6, 6.07) is 0. The Morgan fingerprint density at radius 3 is 2.59 bits per heavy atom. The predicted molar refractivity (Wildman–Crippen MR) is 154 cm³/mol. The van der Waals surface area contributed by atoms with Gasteiger partial charge in [0.25, 0.3) is 0 Å². The second kappa shape index (κ2) is 10.8. The topological polar surface area (TPSA) is 39.2 Å². The quantitative estimate of drug-likeness (QED) is 0.244. The fourth-order valence-electron chi connectivity index (χ4n) is 9.35. The average molecular weight is 567 g/mol. The molecule has 1 aromatic heterocycles. The van der Waals surface area contributed by atoms with Crippen LogP contribution in [0.4, 0.5) is 0 Å². The van der Waals surface area contributed by atoms with Gasteiger partial charge in [-0.3, -0.25) is 0 Å². The molecule has 0 unspecified atom stereocenters. The molecule has 3 nitrogen and oxygen atoms in total. The van der Waals surface area contributed by atoms with E-state index in [0.717, 1.165) is 66.3 Å². The van der Waals surface area contributed by atoms with Gasteiger partial charge in [0.15, 0.2) is 5.69 Å². The molecule has 0 aliphatic heterocycles. The van der Waals surface area contributed by atoms with Crippen molar-refractivity contribution in [1.82, 2.24) is 4.37 Å². The van der Waals surface area contributed by atoms with Crippen LogP contribution >= 0.6 is 34.7 Å². The Morgan fingerprint density at radius 1 is 1.11 bits per heavy atom. The predicted octanol–water partition coefficient (Wildman–Crippen LogP) is 10.0. The van der Waals surface area contributed by atoms with E-state index in [9.17, 15) is 4.79 Å². The van der Waals surface area contributed by atoms with Crippen molar-refractivity contribution in [3.05, 3.63) is 26.7 Å². The second-order valence-corrected chi connectivity index (χ2v) is 15.4. The zero-order chi connectivity index (χ0) is 26.5.